The fourth-order valence-electron chi connectivity index (χ4n) is 3.80. The Hall–Kier alpha value is -0.650. The molecule has 120 valence electrons. The van der Waals surface area contributed by atoms with E-state index in [1.807, 2.05) is 0 Å². The highest BCUT2D eigenvalue weighted by Gasteiger charge is 2.32. The Labute approximate surface area is 127 Å². The van der Waals surface area contributed by atoms with Gasteiger partial charge in [-0.1, -0.05) is 6.42 Å². The average Bonchev–Trinajstić information content (AvgIpc) is 2.99. The molecule has 21 heavy (non-hydrogen) atoms. The van der Waals surface area contributed by atoms with Crippen LogP contribution in [-0.2, 0) is 9.53 Å². The molecule has 0 radical (unpaired) electrons. The van der Waals surface area contributed by atoms with E-state index in [-0.39, 0.29) is 12.0 Å². The predicted molar refractivity (Wildman–Crippen MR) is 82.2 cm³/mol. The second-order valence-electron chi connectivity index (χ2n) is 6.74. The van der Waals surface area contributed by atoms with Crippen LogP contribution in [0.1, 0.15) is 44.9 Å². The summed E-state index contributed by atoms with van der Waals surface area (Å²) in [7, 11) is 0. The summed E-state index contributed by atoms with van der Waals surface area (Å²) in [5.41, 5.74) is 0. The monoisotopic (exact) mass is 295 g/mol. The highest BCUT2D eigenvalue weighted by Crippen LogP contribution is 2.22. The summed E-state index contributed by atoms with van der Waals surface area (Å²) < 4.78 is 5.87. The molecule has 3 atom stereocenters. The average molecular weight is 295 g/mol. The summed E-state index contributed by atoms with van der Waals surface area (Å²) in [5.74, 6) is 0.175. The van der Waals surface area contributed by atoms with Crippen molar-refractivity contribution in [3.05, 3.63) is 0 Å². The molecular formula is C16H29N3O2. The number of nitrogens with zero attached hydrogens (tertiary/aromatic N) is 1. The zero-order valence-electron chi connectivity index (χ0n) is 13.0. The molecule has 2 N–H and O–H groups in total. The molecule has 3 aliphatic heterocycles. The standard InChI is InChI=1S/C16H29N3O2/c20-16(7-6-13-4-1-2-8-17-13)18-10-15-11-19-9-3-5-14(19)12-21-15/h13-15,17H,1-12H2,(H,18,20). The van der Waals surface area contributed by atoms with E-state index in [0.717, 1.165) is 26.1 Å². The van der Waals surface area contributed by atoms with Gasteiger partial charge in [0, 0.05) is 31.6 Å². The lowest BCUT2D eigenvalue weighted by Crippen LogP contribution is -2.50. The Bertz CT molecular complexity index is 344. The molecule has 0 spiro atoms. The zero-order chi connectivity index (χ0) is 14.5. The van der Waals surface area contributed by atoms with Crippen LogP contribution in [-0.4, -0.2) is 61.8 Å². The summed E-state index contributed by atoms with van der Waals surface area (Å²) in [4.78, 5) is 14.5. The summed E-state index contributed by atoms with van der Waals surface area (Å²) >= 11 is 0. The number of piperidine rings is 1. The summed E-state index contributed by atoms with van der Waals surface area (Å²) in [6.45, 7) is 4.80. The number of rotatable bonds is 5. The molecule has 1 amide bonds. The quantitative estimate of drug-likeness (QED) is 0.791. The van der Waals surface area contributed by atoms with Gasteiger partial charge in [0.05, 0.1) is 12.7 Å². The summed E-state index contributed by atoms with van der Waals surface area (Å²) in [6, 6.07) is 1.18. The smallest absolute Gasteiger partial charge is 0.220 e. The summed E-state index contributed by atoms with van der Waals surface area (Å²) in [6.07, 6.45) is 8.13. The summed E-state index contributed by atoms with van der Waals surface area (Å²) in [5, 5.41) is 6.55. The normalized spacial score (nSPS) is 33.6. The molecule has 3 aliphatic rings. The number of carbonyl (C=O) groups excluding carboxylic acids is 1. The van der Waals surface area contributed by atoms with Gasteiger partial charge in [0.1, 0.15) is 0 Å². The Balaban J connectivity index is 1.30. The van der Waals surface area contributed by atoms with Crippen molar-refractivity contribution in [1.29, 1.82) is 0 Å². The number of nitrogens with one attached hydrogen (secondary N) is 2. The highest BCUT2D eigenvalue weighted by molar-refractivity contribution is 5.75. The molecular weight excluding hydrogens is 266 g/mol. The van der Waals surface area contributed by atoms with E-state index >= 15 is 0 Å². The van der Waals surface area contributed by atoms with Crippen LogP contribution in [0.15, 0.2) is 0 Å². The SMILES string of the molecule is O=C(CCC1CCCCN1)NCC1CN2CCCC2CO1. The molecule has 0 bridgehead atoms. The zero-order valence-corrected chi connectivity index (χ0v) is 13.0. The fraction of sp³-hybridized carbons (Fsp3) is 0.938. The van der Waals surface area contributed by atoms with Gasteiger partial charge in [-0.15, -0.1) is 0 Å². The first-order chi connectivity index (χ1) is 10.3. The Morgan fingerprint density at radius 3 is 3.10 bits per heavy atom. The Morgan fingerprint density at radius 1 is 1.29 bits per heavy atom. The van der Waals surface area contributed by atoms with Gasteiger partial charge in [0.2, 0.25) is 5.91 Å². The number of morpholine rings is 1. The van der Waals surface area contributed by atoms with Gasteiger partial charge in [0.25, 0.3) is 0 Å². The number of hydrogen-bond acceptors (Lipinski definition) is 4. The van der Waals surface area contributed by atoms with Gasteiger partial charge < -0.3 is 15.4 Å². The molecule has 0 aromatic heterocycles. The third-order valence-corrected chi connectivity index (χ3v) is 5.12. The van der Waals surface area contributed by atoms with Crippen LogP contribution in [0.3, 0.4) is 0 Å². The van der Waals surface area contributed by atoms with Gasteiger partial charge >= 0.3 is 0 Å². The largest absolute Gasteiger partial charge is 0.373 e. The maximum Gasteiger partial charge on any atom is 0.220 e. The third-order valence-electron chi connectivity index (χ3n) is 5.12. The fourth-order valence-corrected chi connectivity index (χ4v) is 3.80. The maximum atomic E-state index is 11.9. The highest BCUT2D eigenvalue weighted by atomic mass is 16.5. The molecule has 0 aliphatic carbocycles. The Kier molecular flexibility index (Phi) is 5.49. The topological polar surface area (TPSA) is 53.6 Å². The van der Waals surface area contributed by atoms with E-state index in [9.17, 15) is 4.79 Å². The lowest BCUT2D eigenvalue weighted by molar-refractivity contribution is -0.122. The number of amides is 1. The number of hydrogen-bond donors (Lipinski definition) is 2. The molecule has 5 heteroatoms. The van der Waals surface area contributed by atoms with Crippen LogP contribution in [0.4, 0.5) is 0 Å². The van der Waals surface area contributed by atoms with Crippen molar-refractivity contribution in [2.45, 2.75) is 63.1 Å². The van der Waals surface area contributed by atoms with Crippen LogP contribution in [0, 0.1) is 0 Å². The van der Waals surface area contributed by atoms with Crippen molar-refractivity contribution in [2.24, 2.45) is 0 Å². The molecule has 5 nitrogen and oxygen atoms in total. The van der Waals surface area contributed by atoms with Gasteiger partial charge in [-0.25, -0.2) is 0 Å². The van der Waals surface area contributed by atoms with Crippen LogP contribution >= 0.6 is 0 Å². The molecule has 3 fully saturated rings. The van der Waals surface area contributed by atoms with Gasteiger partial charge in [-0.3, -0.25) is 9.69 Å². The third kappa shape index (κ3) is 4.41. The number of fused-ring (bicyclic) bond motifs is 1. The van der Waals surface area contributed by atoms with Crippen LogP contribution < -0.4 is 10.6 Å². The lowest BCUT2D eigenvalue weighted by atomic mass is 10.0. The lowest BCUT2D eigenvalue weighted by Gasteiger charge is -2.35. The molecule has 3 saturated heterocycles. The van der Waals surface area contributed by atoms with E-state index < -0.39 is 0 Å². The van der Waals surface area contributed by atoms with E-state index in [1.165, 1.54) is 38.6 Å². The van der Waals surface area contributed by atoms with Crippen molar-refractivity contribution >= 4 is 5.91 Å². The van der Waals surface area contributed by atoms with Crippen molar-refractivity contribution in [1.82, 2.24) is 15.5 Å². The molecule has 3 unspecified atom stereocenters. The molecule has 3 heterocycles. The van der Waals surface area contributed by atoms with Crippen molar-refractivity contribution < 1.29 is 9.53 Å². The molecule has 3 rings (SSSR count). The predicted octanol–water partition coefficient (Wildman–Crippen LogP) is 0.888. The first kappa shape index (κ1) is 15.3. The first-order valence-electron chi connectivity index (χ1n) is 8.67. The number of ether oxygens (including phenoxy) is 1. The molecule has 0 aromatic carbocycles. The minimum Gasteiger partial charge on any atom is -0.373 e. The second-order valence-corrected chi connectivity index (χ2v) is 6.74. The second kappa shape index (κ2) is 7.56. The molecule has 0 saturated carbocycles. The van der Waals surface area contributed by atoms with Crippen LogP contribution in [0.2, 0.25) is 0 Å². The Morgan fingerprint density at radius 2 is 2.24 bits per heavy atom. The van der Waals surface area contributed by atoms with E-state index in [4.69, 9.17) is 4.74 Å². The number of carbonyl (C=O) groups is 1. The van der Waals surface area contributed by atoms with E-state index in [1.54, 1.807) is 0 Å². The first-order valence-corrected chi connectivity index (χ1v) is 8.67. The minimum atomic E-state index is 0.175. The van der Waals surface area contributed by atoms with Gasteiger partial charge in [0.15, 0.2) is 0 Å². The van der Waals surface area contributed by atoms with E-state index in [2.05, 4.69) is 15.5 Å². The van der Waals surface area contributed by atoms with E-state index in [0.29, 0.717) is 25.0 Å². The van der Waals surface area contributed by atoms with Gasteiger partial charge in [-0.05, 0) is 45.2 Å². The minimum absolute atomic E-state index is 0.175. The maximum absolute atomic E-state index is 11.9. The molecule has 0 aromatic rings. The van der Waals surface area contributed by atoms with Crippen molar-refractivity contribution in [3.8, 4) is 0 Å². The van der Waals surface area contributed by atoms with Crippen molar-refractivity contribution in [3.63, 3.8) is 0 Å². The van der Waals surface area contributed by atoms with Crippen molar-refractivity contribution in [2.75, 3.05) is 32.8 Å². The van der Waals surface area contributed by atoms with Gasteiger partial charge in [-0.2, -0.15) is 0 Å². The van der Waals surface area contributed by atoms with Crippen LogP contribution in [0.25, 0.3) is 0 Å². The van der Waals surface area contributed by atoms with Crippen LogP contribution in [0.5, 0.6) is 0 Å².